The molecular formula is C18H27N3O2S2. The molecule has 138 valence electrons. The number of hydrogen-bond donors (Lipinski definition) is 1. The Balaban J connectivity index is 2.10. The fourth-order valence-electron chi connectivity index (χ4n) is 3.00. The number of thiazole rings is 1. The van der Waals surface area contributed by atoms with Gasteiger partial charge >= 0.3 is 0 Å². The van der Waals surface area contributed by atoms with Crippen LogP contribution in [0, 0.1) is 20.8 Å². The van der Waals surface area contributed by atoms with Crippen LogP contribution in [0.2, 0.25) is 0 Å². The molecule has 5 nitrogen and oxygen atoms in total. The number of aryl methyl sites for hydroxylation is 3. The van der Waals surface area contributed by atoms with Gasteiger partial charge in [0.1, 0.15) is 5.01 Å². The molecule has 0 aliphatic heterocycles. The second kappa shape index (κ2) is 8.40. The largest absolute Gasteiger partial charge is 0.298 e. The van der Waals surface area contributed by atoms with E-state index in [9.17, 15) is 8.42 Å². The van der Waals surface area contributed by atoms with Gasteiger partial charge in [-0.2, -0.15) is 0 Å². The van der Waals surface area contributed by atoms with Gasteiger partial charge in [0.15, 0.2) is 0 Å². The topological polar surface area (TPSA) is 62.3 Å². The molecule has 0 saturated carbocycles. The van der Waals surface area contributed by atoms with Crippen molar-refractivity contribution in [2.45, 2.75) is 52.6 Å². The molecule has 0 fully saturated rings. The molecule has 1 aromatic carbocycles. The van der Waals surface area contributed by atoms with Crippen LogP contribution in [0.5, 0.6) is 0 Å². The van der Waals surface area contributed by atoms with E-state index in [2.05, 4.69) is 28.5 Å². The molecule has 1 aromatic heterocycles. The fraction of sp³-hybridized carbons (Fsp3) is 0.500. The first kappa shape index (κ1) is 20.0. The van der Waals surface area contributed by atoms with Crippen molar-refractivity contribution in [3.63, 3.8) is 0 Å². The lowest BCUT2D eigenvalue weighted by molar-refractivity contribution is 0.292. The Morgan fingerprint density at radius 2 is 1.72 bits per heavy atom. The second-order valence-electron chi connectivity index (χ2n) is 6.25. The van der Waals surface area contributed by atoms with Gasteiger partial charge in [-0.1, -0.05) is 31.5 Å². The summed E-state index contributed by atoms with van der Waals surface area (Å²) in [5.74, 6) is 0. The zero-order valence-electron chi connectivity index (χ0n) is 15.6. The highest BCUT2D eigenvalue weighted by atomic mass is 32.2. The quantitative estimate of drug-likeness (QED) is 0.761. The Morgan fingerprint density at radius 1 is 1.12 bits per heavy atom. The Bertz CT molecular complexity index is 802. The first-order valence-corrected chi connectivity index (χ1v) is 10.9. The first-order chi connectivity index (χ1) is 11.8. The summed E-state index contributed by atoms with van der Waals surface area (Å²) in [6.07, 6.45) is 0. The molecule has 0 bridgehead atoms. The number of sulfonamides is 1. The zero-order valence-corrected chi connectivity index (χ0v) is 17.2. The molecule has 0 spiro atoms. The predicted molar refractivity (Wildman–Crippen MR) is 103 cm³/mol. The summed E-state index contributed by atoms with van der Waals surface area (Å²) in [5, 5.41) is 2.79. The van der Waals surface area contributed by atoms with E-state index in [0.29, 0.717) is 4.90 Å². The predicted octanol–water partition coefficient (Wildman–Crippen LogP) is 3.39. The SMILES string of the molecule is CCN(CC)Cc1csc(CNS(=O)(=O)c2c(C)cc(C)cc2C)n1. The summed E-state index contributed by atoms with van der Waals surface area (Å²) in [5.41, 5.74) is 3.60. The van der Waals surface area contributed by atoms with Crippen molar-refractivity contribution in [3.8, 4) is 0 Å². The lowest BCUT2D eigenvalue weighted by Gasteiger charge is -2.15. The summed E-state index contributed by atoms with van der Waals surface area (Å²) < 4.78 is 28.1. The minimum Gasteiger partial charge on any atom is -0.298 e. The van der Waals surface area contributed by atoms with E-state index >= 15 is 0 Å². The van der Waals surface area contributed by atoms with Gasteiger partial charge in [-0.15, -0.1) is 11.3 Å². The van der Waals surface area contributed by atoms with Crippen molar-refractivity contribution in [2.75, 3.05) is 13.1 Å². The highest BCUT2D eigenvalue weighted by Crippen LogP contribution is 2.22. The van der Waals surface area contributed by atoms with Crippen LogP contribution in [-0.4, -0.2) is 31.4 Å². The van der Waals surface area contributed by atoms with Crippen LogP contribution in [0.1, 0.15) is 41.2 Å². The number of aromatic nitrogens is 1. The summed E-state index contributed by atoms with van der Waals surface area (Å²) in [6, 6.07) is 3.79. The first-order valence-electron chi connectivity index (χ1n) is 8.50. The van der Waals surface area contributed by atoms with Crippen LogP contribution in [0.15, 0.2) is 22.4 Å². The smallest absolute Gasteiger partial charge is 0.241 e. The minimum atomic E-state index is -3.55. The van der Waals surface area contributed by atoms with Gasteiger partial charge in [-0.25, -0.2) is 18.1 Å². The Morgan fingerprint density at radius 3 is 2.28 bits per heavy atom. The maximum absolute atomic E-state index is 12.7. The van der Waals surface area contributed by atoms with Crippen LogP contribution in [0.3, 0.4) is 0 Å². The van der Waals surface area contributed by atoms with Gasteiger partial charge in [0.25, 0.3) is 0 Å². The van der Waals surface area contributed by atoms with Gasteiger partial charge in [0.05, 0.1) is 17.1 Å². The van der Waals surface area contributed by atoms with E-state index in [1.807, 2.05) is 38.3 Å². The third kappa shape index (κ3) is 5.10. The Labute approximate surface area is 155 Å². The van der Waals surface area contributed by atoms with Crippen LogP contribution in [0.4, 0.5) is 0 Å². The molecule has 0 saturated heterocycles. The van der Waals surface area contributed by atoms with Crippen molar-refractivity contribution >= 4 is 21.4 Å². The highest BCUT2D eigenvalue weighted by molar-refractivity contribution is 7.89. The van der Waals surface area contributed by atoms with Crippen molar-refractivity contribution in [1.82, 2.24) is 14.6 Å². The van der Waals surface area contributed by atoms with Gasteiger partial charge in [0.2, 0.25) is 10.0 Å². The second-order valence-corrected chi connectivity index (χ2v) is 8.89. The van der Waals surface area contributed by atoms with Crippen molar-refractivity contribution in [1.29, 1.82) is 0 Å². The number of nitrogens with one attached hydrogen (secondary N) is 1. The average Bonchev–Trinajstić information content (AvgIpc) is 2.97. The molecule has 25 heavy (non-hydrogen) atoms. The van der Waals surface area contributed by atoms with Crippen molar-refractivity contribution < 1.29 is 8.42 Å². The molecule has 0 radical (unpaired) electrons. The van der Waals surface area contributed by atoms with E-state index in [0.717, 1.165) is 47.0 Å². The normalized spacial score (nSPS) is 12.1. The average molecular weight is 382 g/mol. The number of hydrogen-bond acceptors (Lipinski definition) is 5. The van der Waals surface area contributed by atoms with Gasteiger partial charge in [0, 0.05) is 11.9 Å². The van der Waals surface area contributed by atoms with Crippen LogP contribution < -0.4 is 4.72 Å². The molecule has 0 amide bonds. The minimum absolute atomic E-state index is 0.220. The molecule has 0 aliphatic carbocycles. The number of benzene rings is 1. The summed E-state index contributed by atoms with van der Waals surface area (Å²) in [4.78, 5) is 7.20. The van der Waals surface area contributed by atoms with E-state index in [4.69, 9.17) is 0 Å². The Kier molecular flexibility index (Phi) is 6.73. The lowest BCUT2D eigenvalue weighted by atomic mass is 10.1. The molecule has 0 aliphatic rings. The highest BCUT2D eigenvalue weighted by Gasteiger charge is 2.20. The maximum Gasteiger partial charge on any atom is 0.241 e. The molecule has 7 heteroatoms. The molecule has 0 atom stereocenters. The van der Waals surface area contributed by atoms with Crippen LogP contribution in [0.25, 0.3) is 0 Å². The Hall–Kier alpha value is -1.28. The van der Waals surface area contributed by atoms with Crippen molar-refractivity contribution in [2.24, 2.45) is 0 Å². The molecular weight excluding hydrogens is 354 g/mol. The number of nitrogens with zero attached hydrogens (tertiary/aromatic N) is 2. The summed E-state index contributed by atoms with van der Waals surface area (Å²) in [6.45, 7) is 12.8. The molecule has 1 heterocycles. The van der Waals surface area contributed by atoms with Gasteiger partial charge in [-0.05, 0) is 45.0 Å². The van der Waals surface area contributed by atoms with Gasteiger partial charge < -0.3 is 0 Å². The lowest BCUT2D eigenvalue weighted by Crippen LogP contribution is -2.25. The molecule has 2 aromatic rings. The summed E-state index contributed by atoms with van der Waals surface area (Å²) >= 11 is 1.49. The third-order valence-corrected chi connectivity index (χ3v) is 6.77. The number of rotatable bonds is 8. The molecule has 1 N–H and O–H groups in total. The van der Waals surface area contributed by atoms with Crippen LogP contribution in [-0.2, 0) is 23.1 Å². The zero-order chi connectivity index (χ0) is 18.6. The van der Waals surface area contributed by atoms with E-state index in [-0.39, 0.29) is 6.54 Å². The third-order valence-electron chi connectivity index (χ3n) is 4.17. The summed E-state index contributed by atoms with van der Waals surface area (Å²) in [7, 11) is -3.55. The molecule has 2 rings (SSSR count). The van der Waals surface area contributed by atoms with Crippen LogP contribution >= 0.6 is 11.3 Å². The van der Waals surface area contributed by atoms with E-state index < -0.39 is 10.0 Å². The van der Waals surface area contributed by atoms with Crippen molar-refractivity contribution in [3.05, 3.63) is 44.9 Å². The van der Waals surface area contributed by atoms with E-state index in [1.165, 1.54) is 11.3 Å². The van der Waals surface area contributed by atoms with E-state index in [1.54, 1.807) is 0 Å². The fourth-order valence-corrected chi connectivity index (χ4v) is 5.25. The van der Waals surface area contributed by atoms with Gasteiger partial charge in [-0.3, -0.25) is 4.90 Å². The standard InChI is InChI=1S/C18H27N3O2S2/c1-6-21(7-2)11-16-12-24-17(20-16)10-19-25(22,23)18-14(4)8-13(3)9-15(18)5/h8-9,12,19H,6-7,10-11H2,1-5H3. The maximum atomic E-state index is 12.7. The molecule has 0 unspecified atom stereocenters. The monoisotopic (exact) mass is 381 g/mol.